The molecule has 1 heterocycles. The summed E-state index contributed by atoms with van der Waals surface area (Å²) in [4.78, 5) is 20.7. The van der Waals surface area contributed by atoms with Crippen molar-refractivity contribution in [3.63, 3.8) is 0 Å². The first-order valence-corrected chi connectivity index (χ1v) is 9.56. The Kier molecular flexibility index (Phi) is 8.19. The van der Waals surface area contributed by atoms with Gasteiger partial charge in [-0.05, 0) is 38.4 Å². The minimum atomic E-state index is -0.396. The van der Waals surface area contributed by atoms with Gasteiger partial charge in [0.05, 0.1) is 11.8 Å². The van der Waals surface area contributed by atoms with E-state index < -0.39 is 5.82 Å². The number of methoxy groups -OCH3 is 1. The minimum Gasteiger partial charge on any atom is -0.497 e. The molecule has 0 aliphatic rings. The second-order valence-corrected chi connectivity index (χ2v) is 7.41. The van der Waals surface area contributed by atoms with Crippen LogP contribution < -0.4 is 14.4 Å². The number of fused-ring (bicyclic) bond motifs is 1. The van der Waals surface area contributed by atoms with Gasteiger partial charge in [0.1, 0.15) is 22.8 Å². The third-order valence-corrected chi connectivity index (χ3v) is 5.11. The summed E-state index contributed by atoms with van der Waals surface area (Å²) in [5, 5.41) is 0.459. The maximum Gasteiger partial charge on any atom is 0.266 e. The summed E-state index contributed by atoms with van der Waals surface area (Å²) >= 11 is 1.29. The van der Waals surface area contributed by atoms with E-state index in [-0.39, 0.29) is 30.4 Å². The molecule has 1 amide bonds. The number of aromatic nitrogens is 1. The molecule has 0 aliphatic carbocycles. The van der Waals surface area contributed by atoms with Crippen molar-refractivity contribution in [2.45, 2.75) is 0 Å². The largest absolute Gasteiger partial charge is 0.497 e. The van der Waals surface area contributed by atoms with Gasteiger partial charge >= 0.3 is 0 Å². The van der Waals surface area contributed by atoms with Gasteiger partial charge in [0.15, 0.2) is 11.7 Å². The third kappa shape index (κ3) is 5.79. The number of amides is 1. The van der Waals surface area contributed by atoms with Gasteiger partial charge in [0, 0.05) is 19.2 Å². The predicted molar refractivity (Wildman–Crippen MR) is 116 cm³/mol. The molecule has 6 nitrogen and oxygen atoms in total. The van der Waals surface area contributed by atoms with Crippen molar-refractivity contribution in [3.8, 4) is 11.5 Å². The first-order chi connectivity index (χ1) is 13.5. The number of ether oxygens (including phenoxy) is 2. The molecule has 156 valence electrons. The Labute approximate surface area is 179 Å². The standard InChI is InChI=1S/C20H22FN3O3S.ClH/c1-23(2)10-11-24(20-22-19-16(21)8-5-9-17(19)28-20)18(25)13-27-15-7-4-6-14(12-15)26-3;/h4-9,12H,10-11,13H2,1-3H3;1H. The van der Waals surface area contributed by atoms with Crippen LogP contribution in [0.25, 0.3) is 10.2 Å². The number of benzene rings is 2. The zero-order valence-electron chi connectivity index (χ0n) is 16.4. The number of carbonyl (C=O) groups excluding carboxylic acids is 1. The predicted octanol–water partition coefficient (Wildman–Crippen LogP) is 3.84. The van der Waals surface area contributed by atoms with Gasteiger partial charge in [-0.25, -0.2) is 9.37 Å². The van der Waals surface area contributed by atoms with Crippen molar-refractivity contribution in [1.82, 2.24) is 9.88 Å². The number of likely N-dealkylation sites (N-methyl/N-ethyl adjacent to an activating group) is 1. The summed E-state index contributed by atoms with van der Waals surface area (Å²) in [5.41, 5.74) is 0.277. The molecule has 0 saturated carbocycles. The van der Waals surface area contributed by atoms with E-state index in [0.717, 1.165) is 0 Å². The highest BCUT2D eigenvalue weighted by atomic mass is 35.5. The van der Waals surface area contributed by atoms with E-state index in [1.54, 1.807) is 48.4 Å². The number of rotatable bonds is 8. The lowest BCUT2D eigenvalue weighted by atomic mass is 10.3. The maximum absolute atomic E-state index is 14.0. The lowest BCUT2D eigenvalue weighted by Gasteiger charge is -2.22. The number of para-hydroxylation sites is 1. The molecule has 0 atom stereocenters. The molecule has 1 aromatic heterocycles. The highest BCUT2D eigenvalue weighted by Gasteiger charge is 2.21. The molecule has 0 radical (unpaired) electrons. The first kappa shape index (κ1) is 22.9. The summed E-state index contributed by atoms with van der Waals surface area (Å²) in [6, 6.07) is 11.9. The van der Waals surface area contributed by atoms with Gasteiger partial charge in [-0.3, -0.25) is 9.69 Å². The van der Waals surface area contributed by atoms with Gasteiger partial charge in [-0.15, -0.1) is 12.4 Å². The van der Waals surface area contributed by atoms with Crippen LogP contribution in [0.1, 0.15) is 0 Å². The molecule has 0 N–H and O–H groups in total. The van der Waals surface area contributed by atoms with Crippen molar-refractivity contribution in [1.29, 1.82) is 0 Å². The molecule has 0 aliphatic heterocycles. The lowest BCUT2D eigenvalue weighted by Crippen LogP contribution is -2.39. The number of nitrogens with zero attached hydrogens (tertiary/aromatic N) is 3. The fraction of sp³-hybridized carbons (Fsp3) is 0.300. The Balaban J connectivity index is 0.00000300. The van der Waals surface area contributed by atoms with Gasteiger partial charge in [-0.1, -0.05) is 23.5 Å². The zero-order valence-corrected chi connectivity index (χ0v) is 18.1. The number of carbonyl (C=O) groups is 1. The Bertz CT molecular complexity index is 967. The van der Waals surface area contributed by atoms with Crippen LogP contribution in [0, 0.1) is 5.82 Å². The molecule has 3 aromatic rings. The van der Waals surface area contributed by atoms with Gasteiger partial charge < -0.3 is 14.4 Å². The van der Waals surface area contributed by atoms with Crippen LogP contribution >= 0.6 is 23.7 Å². The lowest BCUT2D eigenvalue weighted by molar-refractivity contribution is -0.120. The molecule has 0 fully saturated rings. The van der Waals surface area contributed by atoms with Gasteiger partial charge in [0.25, 0.3) is 5.91 Å². The molecule has 9 heteroatoms. The van der Waals surface area contributed by atoms with Crippen LogP contribution in [-0.2, 0) is 4.79 Å². The van der Waals surface area contributed by atoms with E-state index in [1.165, 1.54) is 17.4 Å². The van der Waals surface area contributed by atoms with E-state index >= 15 is 0 Å². The number of thiazole rings is 1. The smallest absolute Gasteiger partial charge is 0.266 e. The van der Waals surface area contributed by atoms with Gasteiger partial charge in [-0.2, -0.15) is 0 Å². The Morgan fingerprint density at radius 2 is 1.86 bits per heavy atom. The van der Waals surface area contributed by atoms with Crippen molar-refractivity contribution in [2.75, 3.05) is 45.8 Å². The monoisotopic (exact) mass is 439 g/mol. The van der Waals surface area contributed by atoms with E-state index in [0.29, 0.717) is 34.4 Å². The molecule has 0 saturated heterocycles. The Hall–Kier alpha value is -2.42. The molecule has 0 unspecified atom stereocenters. The molecular weight excluding hydrogens is 417 g/mol. The second-order valence-electron chi connectivity index (χ2n) is 6.40. The minimum absolute atomic E-state index is 0. The zero-order chi connectivity index (χ0) is 20.1. The average Bonchev–Trinajstić information content (AvgIpc) is 3.12. The topological polar surface area (TPSA) is 54.9 Å². The SMILES string of the molecule is COc1cccc(OCC(=O)N(CCN(C)C)c2nc3c(F)cccc3s2)c1.Cl. The summed E-state index contributed by atoms with van der Waals surface area (Å²) < 4.78 is 25.5. The highest BCUT2D eigenvalue weighted by Crippen LogP contribution is 2.30. The van der Waals surface area contributed by atoms with E-state index in [2.05, 4.69) is 4.98 Å². The molecular formula is C20H23ClFN3O3S. The van der Waals surface area contributed by atoms with Crippen molar-refractivity contribution in [3.05, 3.63) is 48.3 Å². The number of hydrogen-bond donors (Lipinski definition) is 0. The Morgan fingerprint density at radius 3 is 2.55 bits per heavy atom. The van der Waals surface area contributed by atoms with Crippen molar-refractivity contribution < 1.29 is 18.7 Å². The van der Waals surface area contributed by atoms with E-state index in [4.69, 9.17) is 9.47 Å². The van der Waals surface area contributed by atoms with Crippen LogP contribution in [0.15, 0.2) is 42.5 Å². The van der Waals surface area contributed by atoms with Crippen LogP contribution in [0.3, 0.4) is 0 Å². The summed E-state index contributed by atoms with van der Waals surface area (Å²) in [7, 11) is 5.42. The third-order valence-electron chi connectivity index (χ3n) is 4.06. The van der Waals surface area contributed by atoms with E-state index in [9.17, 15) is 9.18 Å². The summed E-state index contributed by atoms with van der Waals surface area (Å²) in [6.07, 6.45) is 0. The van der Waals surface area contributed by atoms with Crippen molar-refractivity contribution >= 4 is 45.0 Å². The van der Waals surface area contributed by atoms with Crippen LogP contribution in [0.2, 0.25) is 0 Å². The fourth-order valence-corrected chi connectivity index (χ4v) is 3.58. The van der Waals surface area contributed by atoms with Gasteiger partial charge in [0.2, 0.25) is 0 Å². The molecule has 0 bridgehead atoms. The van der Waals surface area contributed by atoms with Crippen LogP contribution in [-0.4, -0.2) is 56.7 Å². The summed E-state index contributed by atoms with van der Waals surface area (Å²) in [5.74, 6) is 0.545. The average molecular weight is 440 g/mol. The van der Waals surface area contributed by atoms with Crippen molar-refractivity contribution in [2.24, 2.45) is 0 Å². The second kappa shape index (κ2) is 10.4. The normalized spacial score (nSPS) is 10.7. The van der Waals surface area contributed by atoms with Crippen LogP contribution in [0.4, 0.5) is 9.52 Å². The fourth-order valence-electron chi connectivity index (χ4n) is 2.56. The maximum atomic E-state index is 14.0. The molecule has 2 aromatic carbocycles. The quantitative estimate of drug-likeness (QED) is 0.533. The molecule has 29 heavy (non-hydrogen) atoms. The number of anilines is 1. The number of halogens is 2. The first-order valence-electron chi connectivity index (χ1n) is 8.75. The molecule has 0 spiro atoms. The van der Waals surface area contributed by atoms with E-state index in [1.807, 2.05) is 19.0 Å². The number of hydrogen-bond acceptors (Lipinski definition) is 6. The Morgan fingerprint density at radius 1 is 1.14 bits per heavy atom. The highest BCUT2D eigenvalue weighted by molar-refractivity contribution is 7.22. The molecule has 3 rings (SSSR count). The van der Waals surface area contributed by atoms with Crippen LogP contribution in [0.5, 0.6) is 11.5 Å². The summed E-state index contributed by atoms with van der Waals surface area (Å²) in [6.45, 7) is 0.914.